The zero-order valence-electron chi connectivity index (χ0n) is 5.60. The van der Waals surface area contributed by atoms with E-state index in [1.165, 1.54) is 13.8 Å². The zero-order chi connectivity index (χ0) is 7.71. The van der Waals surface area contributed by atoms with Crippen LogP contribution >= 0.6 is 10.7 Å². The number of quaternary nitrogens is 1. The van der Waals surface area contributed by atoms with Crippen molar-refractivity contribution in [3.8, 4) is 0 Å². The van der Waals surface area contributed by atoms with Crippen molar-refractivity contribution in [1.29, 1.82) is 0 Å². The van der Waals surface area contributed by atoms with Crippen molar-refractivity contribution >= 4 is 20.0 Å². The maximum atomic E-state index is 10.2. The van der Waals surface area contributed by atoms with Crippen molar-refractivity contribution in [1.82, 2.24) is 0 Å². The second kappa shape index (κ2) is 3.73. The Labute approximate surface area is 70.7 Å². The summed E-state index contributed by atoms with van der Waals surface area (Å²) < 4.78 is 24.6. The minimum absolute atomic E-state index is 0. The number of rotatable bonds is 2. The predicted molar refractivity (Wildman–Crippen MR) is 32.8 cm³/mol. The fraction of sp³-hybridized carbons (Fsp3) is 1.00. The average molecular weight is 210 g/mol. The molecule has 10 heavy (non-hydrogen) atoms. The lowest BCUT2D eigenvalue weighted by molar-refractivity contribution is -0.522. The predicted octanol–water partition coefficient (Wildman–Crippen LogP) is -3.53. The summed E-state index contributed by atoms with van der Waals surface area (Å²) in [6.45, 7) is 2.99. The molecule has 0 aliphatic rings. The van der Waals surface area contributed by atoms with Crippen molar-refractivity contribution in [3.05, 3.63) is 0 Å². The van der Waals surface area contributed by atoms with Crippen molar-refractivity contribution < 1.29 is 30.7 Å². The quantitative estimate of drug-likeness (QED) is 0.379. The normalized spacial score (nSPS) is 12.4. The summed E-state index contributed by atoms with van der Waals surface area (Å²) in [6.07, 6.45) is 0. The highest BCUT2D eigenvalue weighted by Crippen LogP contribution is 2.06. The van der Waals surface area contributed by atoms with Gasteiger partial charge < -0.3 is 18.1 Å². The van der Waals surface area contributed by atoms with Crippen LogP contribution in [0.4, 0.5) is 0 Å². The molecule has 0 aromatic carbocycles. The summed E-state index contributed by atoms with van der Waals surface area (Å²) in [5.41, 5.74) is 2.38. The third-order valence-corrected chi connectivity index (χ3v) is 1.16. The SMILES string of the molecule is CC(C)([NH3+])OS(=O)(=O)Cl.[Cl-]. The first kappa shape index (κ1) is 13.1. The van der Waals surface area contributed by atoms with E-state index in [1.54, 1.807) is 0 Å². The van der Waals surface area contributed by atoms with Crippen molar-refractivity contribution in [2.24, 2.45) is 0 Å². The summed E-state index contributed by atoms with van der Waals surface area (Å²) in [5, 5.41) is 0. The van der Waals surface area contributed by atoms with Gasteiger partial charge in [-0.15, -0.1) is 0 Å². The summed E-state index contributed by atoms with van der Waals surface area (Å²) in [6, 6.07) is 0. The first-order valence-electron chi connectivity index (χ1n) is 2.21. The molecule has 64 valence electrons. The van der Waals surface area contributed by atoms with Gasteiger partial charge in [-0.05, 0) is 0 Å². The largest absolute Gasteiger partial charge is 1.00 e. The lowest BCUT2D eigenvalue weighted by Crippen LogP contribution is -3.00. The molecule has 3 N–H and O–H groups in total. The van der Waals surface area contributed by atoms with Crippen LogP contribution in [0.15, 0.2) is 0 Å². The molecule has 7 heteroatoms. The first-order chi connectivity index (χ1) is 3.71. The highest BCUT2D eigenvalue weighted by atomic mass is 35.7. The Morgan fingerprint density at radius 1 is 1.50 bits per heavy atom. The van der Waals surface area contributed by atoms with Crippen LogP contribution in [0.3, 0.4) is 0 Å². The number of halogens is 2. The van der Waals surface area contributed by atoms with E-state index < -0.39 is 15.1 Å². The molecule has 0 saturated carbocycles. The van der Waals surface area contributed by atoms with Gasteiger partial charge in [-0.2, -0.15) is 12.6 Å². The summed E-state index contributed by atoms with van der Waals surface area (Å²) in [5.74, 6) is 0. The topological polar surface area (TPSA) is 71.0 Å². The molecule has 0 rings (SSSR count). The molecule has 4 nitrogen and oxygen atoms in total. The van der Waals surface area contributed by atoms with E-state index in [4.69, 9.17) is 10.7 Å². The van der Waals surface area contributed by atoms with Crippen molar-refractivity contribution in [2.45, 2.75) is 19.6 Å². The van der Waals surface area contributed by atoms with E-state index >= 15 is 0 Å². The van der Waals surface area contributed by atoms with Gasteiger partial charge in [-0.1, -0.05) is 0 Å². The Hall–Kier alpha value is 0.450. The van der Waals surface area contributed by atoms with Gasteiger partial charge in [0.05, 0.1) is 0 Å². The van der Waals surface area contributed by atoms with Crippen molar-refractivity contribution in [3.63, 3.8) is 0 Å². The minimum atomic E-state index is -3.87. The van der Waals surface area contributed by atoms with Crippen LogP contribution in [0.1, 0.15) is 13.8 Å². The van der Waals surface area contributed by atoms with Gasteiger partial charge in [0.15, 0.2) is 0 Å². The third-order valence-electron chi connectivity index (χ3n) is 0.325. The fourth-order valence-corrected chi connectivity index (χ4v) is 1.32. The van der Waals surface area contributed by atoms with Crippen LogP contribution in [0, 0.1) is 0 Å². The fourth-order valence-electron chi connectivity index (χ4n) is 0.269. The molecule has 0 aromatic heterocycles. The smallest absolute Gasteiger partial charge is 0.360 e. The monoisotopic (exact) mass is 209 g/mol. The van der Waals surface area contributed by atoms with Crippen LogP contribution in [-0.4, -0.2) is 14.1 Å². The summed E-state index contributed by atoms with van der Waals surface area (Å²) in [7, 11) is 0.856. The summed E-state index contributed by atoms with van der Waals surface area (Å²) >= 11 is 0. The number of hydrogen-bond donors (Lipinski definition) is 1. The van der Waals surface area contributed by atoms with Gasteiger partial charge in [0.1, 0.15) is 0 Å². The third kappa shape index (κ3) is 11.3. The number of hydrogen-bond acceptors (Lipinski definition) is 3. The molecular formula is C3H9Cl2NO3S. The Morgan fingerprint density at radius 2 is 1.80 bits per heavy atom. The van der Waals surface area contributed by atoms with Gasteiger partial charge in [0, 0.05) is 24.5 Å². The highest BCUT2D eigenvalue weighted by molar-refractivity contribution is 8.10. The molecule has 0 atom stereocenters. The van der Waals surface area contributed by atoms with Gasteiger partial charge in [-0.25, -0.2) is 0 Å². The Bertz CT molecular complexity index is 182. The lowest BCUT2D eigenvalue weighted by atomic mass is 10.4. The van der Waals surface area contributed by atoms with E-state index in [0.717, 1.165) is 0 Å². The summed E-state index contributed by atoms with van der Waals surface area (Å²) in [4.78, 5) is 0. The molecular weight excluding hydrogens is 201 g/mol. The van der Waals surface area contributed by atoms with Crippen LogP contribution in [0.2, 0.25) is 0 Å². The minimum Gasteiger partial charge on any atom is -1.00 e. The molecule has 0 saturated heterocycles. The van der Waals surface area contributed by atoms with Crippen LogP contribution in [-0.2, 0) is 13.5 Å². The van der Waals surface area contributed by atoms with Crippen LogP contribution in [0.5, 0.6) is 0 Å². The first-order valence-corrected chi connectivity index (χ1v) is 4.45. The Morgan fingerprint density at radius 3 is 1.80 bits per heavy atom. The van der Waals surface area contributed by atoms with Gasteiger partial charge in [-0.3, -0.25) is 0 Å². The zero-order valence-corrected chi connectivity index (χ0v) is 7.92. The Kier molecular flexibility index (Phi) is 4.87. The van der Waals surface area contributed by atoms with E-state index in [-0.39, 0.29) is 12.4 Å². The second-order valence-corrected chi connectivity index (χ2v) is 4.32. The maximum Gasteiger partial charge on any atom is 0.360 e. The maximum absolute atomic E-state index is 10.2. The van der Waals surface area contributed by atoms with Crippen LogP contribution < -0.4 is 18.1 Å². The molecule has 0 amide bonds. The lowest BCUT2D eigenvalue weighted by Gasteiger charge is -2.10. The second-order valence-electron chi connectivity index (χ2n) is 2.24. The van der Waals surface area contributed by atoms with Gasteiger partial charge >= 0.3 is 9.33 Å². The highest BCUT2D eigenvalue weighted by Gasteiger charge is 2.23. The van der Waals surface area contributed by atoms with Gasteiger partial charge in [0.25, 0.3) is 0 Å². The standard InChI is InChI=1S/C3H8ClNO3S.ClH/c1-3(2,5)8-9(4,6)7;/h5H2,1-2H3;1H. The molecule has 0 aromatic rings. The molecule has 0 radical (unpaired) electrons. The van der Waals surface area contributed by atoms with Crippen molar-refractivity contribution in [2.75, 3.05) is 0 Å². The molecule has 0 fully saturated rings. The molecule has 0 heterocycles. The molecule has 0 spiro atoms. The molecule has 0 bridgehead atoms. The molecule has 0 aliphatic carbocycles. The van der Waals surface area contributed by atoms with Crippen LogP contribution in [0.25, 0.3) is 0 Å². The van der Waals surface area contributed by atoms with E-state index in [0.29, 0.717) is 0 Å². The van der Waals surface area contributed by atoms with Gasteiger partial charge in [0.2, 0.25) is 5.72 Å². The van der Waals surface area contributed by atoms with E-state index in [1.807, 2.05) is 0 Å². The molecule has 0 aliphatic heterocycles. The van der Waals surface area contributed by atoms with E-state index in [2.05, 4.69) is 9.92 Å². The Balaban J connectivity index is 0. The van der Waals surface area contributed by atoms with E-state index in [9.17, 15) is 8.42 Å². The average Bonchev–Trinajstić information content (AvgIpc) is 1.14. The molecule has 0 unspecified atom stereocenters.